The number of aliphatic imine (C=N–C) groups is 2. The van der Waals surface area contributed by atoms with Crippen LogP contribution in [0.2, 0.25) is 0 Å². The number of amidine groups is 2. The summed E-state index contributed by atoms with van der Waals surface area (Å²) in [6.45, 7) is 0. The van der Waals surface area contributed by atoms with Crippen LogP contribution in [0.1, 0.15) is 11.1 Å². The predicted octanol–water partition coefficient (Wildman–Crippen LogP) is 4.27. The van der Waals surface area contributed by atoms with E-state index in [0.717, 1.165) is 16.8 Å². The Morgan fingerprint density at radius 2 is 1.82 bits per heavy atom. The number of ether oxygens (including phenoxy) is 1. The standard InChI is InChI=1S/C26H22N4O3S/c1-33-19-11-7-10-18(15-19)27-23(31)16-34-26-28-21-13-6-5-12-20(21)24-29-25(32)22(30(24)26)14-17-8-3-2-4-9-17/h2-13,15,22H,14,16H2,1H3,(H,27,31). The van der Waals surface area contributed by atoms with Crippen molar-refractivity contribution in [2.45, 2.75) is 12.5 Å². The number of anilines is 1. The largest absolute Gasteiger partial charge is 0.497 e. The second kappa shape index (κ2) is 9.52. The third-order valence-electron chi connectivity index (χ3n) is 5.57. The number of carbonyl (C=O) groups is 2. The predicted molar refractivity (Wildman–Crippen MR) is 135 cm³/mol. The quantitative estimate of drug-likeness (QED) is 0.582. The molecule has 0 saturated carbocycles. The molecule has 0 fully saturated rings. The van der Waals surface area contributed by atoms with Gasteiger partial charge in [0.2, 0.25) is 5.91 Å². The number of rotatable bonds is 6. The van der Waals surface area contributed by atoms with Crippen LogP contribution in [0.3, 0.4) is 0 Å². The average molecular weight is 471 g/mol. The molecule has 2 heterocycles. The molecule has 0 spiro atoms. The van der Waals surface area contributed by atoms with Crippen LogP contribution in [0, 0.1) is 0 Å². The summed E-state index contributed by atoms with van der Waals surface area (Å²) in [5, 5.41) is 3.47. The molecular weight excluding hydrogens is 448 g/mol. The van der Waals surface area contributed by atoms with Gasteiger partial charge in [0.25, 0.3) is 5.91 Å². The molecule has 2 aliphatic heterocycles. The molecule has 1 unspecified atom stereocenters. The smallest absolute Gasteiger partial charge is 0.271 e. The number of amides is 2. The second-order valence-corrected chi connectivity index (χ2v) is 8.77. The normalized spacial score (nSPS) is 16.3. The zero-order valence-corrected chi connectivity index (χ0v) is 19.3. The summed E-state index contributed by atoms with van der Waals surface area (Å²) >= 11 is 1.29. The van der Waals surface area contributed by atoms with Gasteiger partial charge in [0.1, 0.15) is 17.6 Å². The van der Waals surface area contributed by atoms with Gasteiger partial charge < -0.3 is 10.1 Å². The highest BCUT2D eigenvalue weighted by atomic mass is 32.2. The highest BCUT2D eigenvalue weighted by molar-refractivity contribution is 8.14. The molecule has 5 rings (SSSR count). The summed E-state index contributed by atoms with van der Waals surface area (Å²) < 4.78 is 5.22. The Morgan fingerprint density at radius 1 is 1.03 bits per heavy atom. The number of hydrogen-bond acceptors (Lipinski definition) is 6. The van der Waals surface area contributed by atoms with Gasteiger partial charge in [-0.3, -0.25) is 14.5 Å². The molecule has 0 saturated heterocycles. The van der Waals surface area contributed by atoms with Crippen LogP contribution < -0.4 is 10.1 Å². The van der Waals surface area contributed by atoms with Crippen molar-refractivity contribution in [2.24, 2.45) is 9.98 Å². The lowest BCUT2D eigenvalue weighted by Gasteiger charge is -2.31. The van der Waals surface area contributed by atoms with Gasteiger partial charge in [0, 0.05) is 23.7 Å². The fourth-order valence-electron chi connectivity index (χ4n) is 3.97. The number of methoxy groups -OCH3 is 1. The number of carbonyl (C=O) groups excluding carboxylic acids is 2. The van der Waals surface area contributed by atoms with Gasteiger partial charge in [-0.1, -0.05) is 60.3 Å². The van der Waals surface area contributed by atoms with Crippen molar-refractivity contribution >= 4 is 46.0 Å². The lowest BCUT2D eigenvalue weighted by molar-refractivity contribution is -0.119. The Kier molecular flexibility index (Phi) is 6.14. The summed E-state index contributed by atoms with van der Waals surface area (Å²) in [5.74, 6) is 1.01. The van der Waals surface area contributed by atoms with E-state index in [1.807, 2.05) is 71.6 Å². The van der Waals surface area contributed by atoms with E-state index in [-0.39, 0.29) is 17.6 Å². The summed E-state index contributed by atoms with van der Waals surface area (Å²) in [7, 11) is 1.58. The molecule has 2 amide bonds. The fourth-order valence-corrected chi connectivity index (χ4v) is 4.82. The van der Waals surface area contributed by atoms with E-state index >= 15 is 0 Å². The molecule has 1 N–H and O–H groups in total. The summed E-state index contributed by atoms with van der Waals surface area (Å²) in [4.78, 5) is 36.7. The third kappa shape index (κ3) is 4.45. The van der Waals surface area contributed by atoms with Crippen molar-refractivity contribution in [1.82, 2.24) is 4.90 Å². The molecule has 3 aromatic rings. The fraction of sp³-hybridized carbons (Fsp3) is 0.154. The van der Waals surface area contributed by atoms with Crippen molar-refractivity contribution in [3.63, 3.8) is 0 Å². The van der Waals surface area contributed by atoms with Gasteiger partial charge in [0.05, 0.1) is 18.6 Å². The Balaban J connectivity index is 1.38. The first-order valence-corrected chi connectivity index (χ1v) is 11.8. The molecular formula is C26H22N4O3S. The molecule has 0 aliphatic carbocycles. The molecule has 2 aliphatic rings. The first kappa shape index (κ1) is 21.9. The minimum atomic E-state index is -0.501. The van der Waals surface area contributed by atoms with Crippen LogP contribution in [0.5, 0.6) is 5.75 Å². The first-order valence-electron chi connectivity index (χ1n) is 10.8. The van der Waals surface area contributed by atoms with Gasteiger partial charge in [-0.05, 0) is 29.8 Å². The highest BCUT2D eigenvalue weighted by Crippen LogP contribution is 2.35. The van der Waals surface area contributed by atoms with Crippen LogP contribution in [0.25, 0.3) is 0 Å². The van der Waals surface area contributed by atoms with E-state index in [0.29, 0.717) is 28.9 Å². The van der Waals surface area contributed by atoms with Gasteiger partial charge >= 0.3 is 0 Å². The van der Waals surface area contributed by atoms with Crippen LogP contribution >= 0.6 is 11.8 Å². The van der Waals surface area contributed by atoms with Gasteiger partial charge in [-0.25, -0.2) is 4.99 Å². The van der Waals surface area contributed by atoms with Crippen molar-refractivity contribution in [3.8, 4) is 5.75 Å². The Labute approximate surface area is 201 Å². The Bertz CT molecular complexity index is 1310. The molecule has 3 aromatic carbocycles. The van der Waals surface area contributed by atoms with Gasteiger partial charge in [0.15, 0.2) is 5.17 Å². The number of benzene rings is 3. The Morgan fingerprint density at radius 3 is 2.65 bits per heavy atom. The van der Waals surface area contributed by atoms with Crippen LogP contribution in [0.15, 0.2) is 88.8 Å². The van der Waals surface area contributed by atoms with Crippen LogP contribution in [-0.4, -0.2) is 46.6 Å². The average Bonchev–Trinajstić information content (AvgIpc) is 3.19. The lowest BCUT2D eigenvalue weighted by atomic mass is 10.0. The van der Waals surface area contributed by atoms with E-state index in [2.05, 4.69) is 10.3 Å². The highest BCUT2D eigenvalue weighted by Gasteiger charge is 2.41. The molecule has 34 heavy (non-hydrogen) atoms. The van der Waals surface area contributed by atoms with Gasteiger partial charge in [-0.2, -0.15) is 4.99 Å². The number of nitrogens with zero attached hydrogens (tertiary/aromatic N) is 3. The molecule has 0 radical (unpaired) electrons. The summed E-state index contributed by atoms with van der Waals surface area (Å²) in [6, 6.07) is 24.1. The molecule has 1 atom stereocenters. The maximum atomic E-state index is 13.0. The molecule has 0 aromatic heterocycles. The van der Waals surface area contributed by atoms with Crippen molar-refractivity contribution in [3.05, 3.63) is 90.0 Å². The van der Waals surface area contributed by atoms with Gasteiger partial charge in [-0.15, -0.1) is 0 Å². The minimum Gasteiger partial charge on any atom is -0.497 e. The van der Waals surface area contributed by atoms with E-state index in [9.17, 15) is 9.59 Å². The SMILES string of the molecule is COc1cccc(NC(=O)CSC2=Nc3ccccc3C3=NC(=O)C(Cc4ccccc4)N23)c1. The van der Waals surface area contributed by atoms with E-state index in [4.69, 9.17) is 9.73 Å². The van der Waals surface area contributed by atoms with Crippen LogP contribution in [-0.2, 0) is 16.0 Å². The summed E-state index contributed by atoms with van der Waals surface area (Å²) in [5.41, 5.74) is 3.25. The molecule has 170 valence electrons. The lowest BCUT2D eigenvalue weighted by Crippen LogP contribution is -2.45. The monoisotopic (exact) mass is 470 g/mol. The zero-order chi connectivity index (χ0) is 23.5. The number of fused-ring (bicyclic) bond motifs is 3. The number of nitrogens with one attached hydrogen (secondary N) is 1. The number of para-hydroxylation sites is 1. The van der Waals surface area contributed by atoms with E-state index in [1.54, 1.807) is 19.2 Å². The zero-order valence-electron chi connectivity index (χ0n) is 18.5. The van der Waals surface area contributed by atoms with Crippen molar-refractivity contribution < 1.29 is 14.3 Å². The first-order chi connectivity index (χ1) is 16.6. The molecule has 7 nitrogen and oxygen atoms in total. The number of hydrogen-bond donors (Lipinski definition) is 1. The maximum absolute atomic E-state index is 13.0. The minimum absolute atomic E-state index is 0.133. The molecule has 0 bridgehead atoms. The van der Waals surface area contributed by atoms with Crippen LogP contribution in [0.4, 0.5) is 11.4 Å². The second-order valence-electron chi connectivity index (χ2n) is 7.83. The number of thioether (sulfide) groups is 1. The topological polar surface area (TPSA) is 83.4 Å². The van der Waals surface area contributed by atoms with E-state index < -0.39 is 6.04 Å². The Hall–Kier alpha value is -3.91. The summed E-state index contributed by atoms with van der Waals surface area (Å²) in [6.07, 6.45) is 0.504. The third-order valence-corrected chi connectivity index (χ3v) is 6.52. The van der Waals surface area contributed by atoms with Crippen molar-refractivity contribution in [1.29, 1.82) is 0 Å². The molecule has 8 heteroatoms. The maximum Gasteiger partial charge on any atom is 0.271 e. The van der Waals surface area contributed by atoms with E-state index in [1.165, 1.54) is 11.8 Å². The van der Waals surface area contributed by atoms with Crippen molar-refractivity contribution in [2.75, 3.05) is 18.2 Å².